The standard InChI is InChI=1S/C46H29BN2S/c1-3-12-30(13-4-1)32-22-24-36(25-23-32)49-41-28-34-17-8-7-16-33(34)26-37(41)38-27-35(31-14-5-2-6-15-31)29-42-45(38)47(49)39-18-11-21-44-46(39)48(42)40-19-9-10-20-43(40)50-44/h1-29H. The lowest BCUT2D eigenvalue weighted by Crippen LogP contribution is -2.62. The monoisotopic (exact) mass is 652 g/mol. The zero-order valence-electron chi connectivity index (χ0n) is 27.1. The second kappa shape index (κ2) is 10.8. The normalized spacial score (nSPS) is 13.4. The first kappa shape index (κ1) is 27.9. The Bertz CT molecular complexity index is 2640. The molecule has 3 heterocycles. The number of benzene rings is 8. The first-order valence-electron chi connectivity index (χ1n) is 17.2. The van der Waals surface area contributed by atoms with Gasteiger partial charge in [0.05, 0.1) is 11.4 Å². The maximum Gasteiger partial charge on any atom is 0.333 e. The molecule has 8 aromatic carbocycles. The van der Waals surface area contributed by atoms with E-state index in [0.717, 1.165) is 0 Å². The summed E-state index contributed by atoms with van der Waals surface area (Å²) >= 11 is 1.88. The highest BCUT2D eigenvalue weighted by molar-refractivity contribution is 7.99. The minimum Gasteiger partial charge on any atom is -0.376 e. The van der Waals surface area contributed by atoms with E-state index >= 15 is 0 Å². The summed E-state index contributed by atoms with van der Waals surface area (Å²) in [6.07, 6.45) is 0. The van der Waals surface area contributed by atoms with E-state index < -0.39 is 0 Å². The first-order valence-corrected chi connectivity index (χ1v) is 18.0. The zero-order chi connectivity index (χ0) is 32.8. The van der Waals surface area contributed by atoms with Gasteiger partial charge in [-0.1, -0.05) is 133 Å². The van der Waals surface area contributed by atoms with Crippen LogP contribution in [0.3, 0.4) is 0 Å². The second-order valence-electron chi connectivity index (χ2n) is 13.3. The van der Waals surface area contributed by atoms with Gasteiger partial charge >= 0.3 is 6.85 Å². The van der Waals surface area contributed by atoms with Crippen LogP contribution in [0.2, 0.25) is 0 Å². The van der Waals surface area contributed by atoms with Gasteiger partial charge in [-0.25, -0.2) is 0 Å². The average Bonchev–Trinajstić information content (AvgIpc) is 3.19. The molecule has 11 rings (SSSR count). The lowest BCUT2D eigenvalue weighted by Gasteiger charge is -2.47. The Morgan fingerprint density at radius 1 is 0.420 bits per heavy atom. The molecule has 3 aliphatic rings. The molecule has 0 fully saturated rings. The van der Waals surface area contributed by atoms with E-state index in [-0.39, 0.29) is 6.85 Å². The molecule has 3 aliphatic heterocycles. The van der Waals surface area contributed by atoms with Gasteiger partial charge in [0.1, 0.15) is 0 Å². The predicted octanol–water partition coefficient (Wildman–Crippen LogP) is 11.3. The first-order chi connectivity index (χ1) is 24.8. The van der Waals surface area contributed by atoms with E-state index in [1.165, 1.54) is 93.3 Å². The summed E-state index contributed by atoms with van der Waals surface area (Å²) in [6, 6.07) is 65.0. The third kappa shape index (κ3) is 4.06. The van der Waals surface area contributed by atoms with Crippen LogP contribution in [0.4, 0.5) is 28.4 Å². The van der Waals surface area contributed by atoms with E-state index in [2.05, 4.69) is 186 Å². The van der Waals surface area contributed by atoms with Gasteiger partial charge in [-0.3, -0.25) is 0 Å². The molecular weight excluding hydrogens is 623 g/mol. The van der Waals surface area contributed by atoms with Gasteiger partial charge in [0.25, 0.3) is 0 Å². The van der Waals surface area contributed by atoms with Crippen molar-refractivity contribution in [2.45, 2.75) is 9.79 Å². The molecule has 0 aromatic heterocycles. The molecule has 0 amide bonds. The number of fused-ring (bicyclic) bond motifs is 7. The molecule has 0 atom stereocenters. The summed E-state index contributed by atoms with van der Waals surface area (Å²) in [6.45, 7) is -0.0156. The van der Waals surface area contributed by atoms with Crippen molar-refractivity contribution < 1.29 is 0 Å². The van der Waals surface area contributed by atoms with Crippen LogP contribution in [0.5, 0.6) is 0 Å². The Morgan fingerprint density at radius 3 is 1.84 bits per heavy atom. The summed E-state index contributed by atoms with van der Waals surface area (Å²) in [4.78, 5) is 7.75. The van der Waals surface area contributed by atoms with Crippen molar-refractivity contribution in [2.75, 3.05) is 9.71 Å². The number of para-hydroxylation sites is 2. The summed E-state index contributed by atoms with van der Waals surface area (Å²) < 4.78 is 0. The Morgan fingerprint density at radius 2 is 1.06 bits per heavy atom. The van der Waals surface area contributed by atoms with Gasteiger partial charge < -0.3 is 9.71 Å². The molecule has 0 saturated heterocycles. The van der Waals surface area contributed by atoms with Crippen LogP contribution < -0.4 is 20.6 Å². The van der Waals surface area contributed by atoms with Gasteiger partial charge in [0, 0.05) is 32.4 Å². The number of rotatable bonds is 3. The van der Waals surface area contributed by atoms with Crippen molar-refractivity contribution in [1.29, 1.82) is 0 Å². The van der Waals surface area contributed by atoms with E-state index in [9.17, 15) is 0 Å². The number of anilines is 5. The van der Waals surface area contributed by atoms with Gasteiger partial charge in [-0.05, 0) is 104 Å². The lowest BCUT2D eigenvalue weighted by atomic mass is 9.43. The molecule has 0 N–H and O–H groups in total. The van der Waals surface area contributed by atoms with Crippen molar-refractivity contribution in [2.24, 2.45) is 0 Å². The maximum atomic E-state index is 2.61. The Hall–Kier alpha value is -5.97. The van der Waals surface area contributed by atoms with Crippen LogP contribution in [0, 0.1) is 0 Å². The van der Waals surface area contributed by atoms with E-state index in [1.54, 1.807) is 0 Å². The molecule has 232 valence electrons. The molecule has 8 aromatic rings. The molecule has 0 bridgehead atoms. The lowest BCUT2D eigenvalue weighted by molar-refractivity contribution is 1.17. The summed E-state index contributed by atoms with van der Waals surface area (Å²) in [7, 11) is 0. The van der Waals surface area contributed by atoms with E-state index in [0.29, 0.717) is 0 Å². The average molecular weight is 653 g/mol. The quantitative estimate of drug-likeness (QED) is 0.175. The second-order valence-corrected chi connectivity index (χ2v) is 14.4. The van der Waals surface area contributed by atoms with Gasteiger partial charge in [0.15, 0.2) is 0 Å². The highest BCUT2D eigenvalue weighted by Crippen LogP contribution is 2.55. The van der Waals surface area contributed by atoms with Crippen molar-refractivity contribution >= 4 is 68.7 Å². The molecule has 0 saturated carbocycles. The van der Waals surface area contributed by atoms with E-state index in [1.807, 2.05) is 11.8 Å². The van der Waals surface area contributed by atoms with Gasteiger partial charge in [0.2, 0.25) is 0 Å². The van der Waals surface area contributed by atoms with E-state index in [4.69, 9.17) is 0 Å². The number of hydrogen-bond acceptors (Lipinski definition) is 3. The van der Waals surface area contributed by atoms with Crippen LogP contribution in [0.1, 0.15) is 0 Å². The third-order valence-corrected chi connectivity index (χ3v) is 11.7. The fourth-order valence-corrected chi connectivity index (χ4v) is 9.47. The summed E-state index contributed by atoms with van der Waals surface area (Å²) in [5.74, 6) is 0. The minimum absolute atomic E-state index is 0.0156. The van der Waals surface area contributed by atoms with Crippen LogP contribution in [-0.2, 0) is 0 Å². The van der Waals surface area contributed by atoms with Crippen LogP contribution in [0.15, 0.2) is 186 Å². The molecule has 0 aliphatic carbocycles. The Kier molecular flexibility index (Phi) is 6.02. The fourth-order valence-electron chi connectivity index (χ4n) is 8.37. The van der Waals surface area contributed by atoms with Gasteiger partial charge in [-0.2, -0.15) is 0 Å². The number of hydrogen-bond donors (Lipinski definition) is 0. The molecule has 0 radical (unpaired) electrons. The molecule has 0 unspecified atom stereocenters. The Balaban J connectivity index is 1.25. The molecule has 4 heteroatoms. The molecular formula is C46H29BN2S. The fraction of sp³-hybridized carbons (Fsp3) is 0. The highest BCUT2D eigenvalue weighted by atomic mass is 32.2. The Labute approximate surface area is 296 Å². The number of nitrogens with zero attached hydrogens (tertiary/aromatic N) is 2. The van der Waals surface area contributed by atoms with Crippen LogP contribution in [0.25, 0.3) is 44.2 Å². The van der Waals surface area contributed by atoms with Crippen LogP contribution in [-0.4, -0.2) is 6.85 Å². The van der Waals surface area contributed by atoms with Crippen LogP contribution >= 0.6 is 11.8 Å². The minimum atomic E-state index is -0.0156. The largest absolute Gasteiger partial charge is 0.376 e. The summed E-state index contributed by atoms with van der Waals surface area (Å²) in [5.41, 5.74) is 16.4. The molecule has 50 heavy (non-hydrogen) atoms. The smallest absolute Gasteiger partial charge is 0.333 e. The van der Waals surface area contributed by atoms with Crippen molar-refractivity contribution in [1.82, 2.24) is 0 Å². The van der Waals surface area contributed by atoms with Crippen molar-refractivity contribution in [3.05, 3.63) is 176 Å². The predicted molar refractivity (Wildman–Crippen MR) is 213 cm³/mol. The zero-order valence-corrected chi connectivity index (χ0v) is 27.9. The maximum absolute atomic E-state index is 2.61. The topological polar surface area (TPSA) is 6.48 Å². The molecule has 0 spiro atoms. The van der Waals surface area contributed by atoms with Crippen molar-refractivity contribution in [3.63, 3.8) is 0 Å². The third-order valence-electron chi connectivity index (χ3n) is 10.6. The summed E-state index contributed by atoms with van der Waals surface area (Å²) in [5, 5.41) is 2.50. The van der Waals surface area contributed by atoms with Crippen molar-refractivity contribution in [3.8, 4) is 33.4 Å². The van der Waals surface area contributed by atoms with Gasteiger partial charge in [-0.15, -0.1) is 0 Å². The SMILES string of the molecule is c1ccc(-c2ccc(N3B4c5cccc6c5N(c5ccccc5S6)c5cc(-c6ccccc6)cc(c54)-c4cc5ccccc5cc43)cc2)cc1. The molecule has 2 nitrogen and oxygen atoms in total. The highest BCUT2D eigenvalue weighted by Gasteiger charge is 2.47.